The van der Waals surface area contributed by atoms with Crippen LogP contribution in [-0.4, -0.2) is 77.3 Å². The third-order valence-electron chi connectivity index (χ3n) is 6.63. The summed E-state index contributed by atoms with van der Waals surface area (Å²) in [6.45, 7) is 7.94. The number of morpholine rings is 1. The highest BCUT2D eigenvalue weighted by molar-refractivity contribution is 5.98. The number of hydrogen-bond donors (Lipinski definition) is 2. The van der Waals surface area contributed by atoms with E-state index in [1.165, 1.54) is 0 Å². The highest BCUT2D eigenvalue weighted by Crippen LogP contribution is 2.35. The van der Waals surface area contributed by atoms with Crippen molar-refractivity contribution < 1.29 is 19.4 Å². The van der Waals surface area contributed by atoms with Gasteiger partial charge < -0.3 is 19.9 Å². The number of pyridine rings is 2. The van der Waals surface area contributed by atoms with E-state index in [0.717, 1.165) is 16.8 Å². The molecule has 2 aliphatic heterocycles. The summed E-state index contributed by atoms with van der Waals surface area (Å²) in [6, 6.07) is 9.22. The molecule has 0 aromatic carbocycles. The molecule has 0 saturated carbocycles. The quantitative estimate of drug-likeness (QED) is 0.560. The average Bonchev–Trinajstić information content (AvgIpc) is 2.94. The van der Waals surface area contributed by atoms with Crippen molar-refractivity contribution in [3.05, 3.63) is 59.2 Å². The predicted octanol–water partition coefficient (Wildman–Crippen LogP) is 2.31. The number of allylic oxidation sites excluding steroid dienone is 1. The van der Waals surface area contributed by atoms with Crippen molar-refractivity contribution >= 4 is 17.7 Å². The van der Waals surface area contributed by atoms with Gasteiger partial charge in [0.15, 0.2) is 0 Å². The van der Waals surface area contributed by atoms with Crippen molar-refractivity contribution in [3.8, 4) is 11.9 Å². The molecule has 0 radical (unpaired) electrons. The van der Waals surface area contributed by atoms with E-state index in [9.17, 15) is 10.1 Å². The largest absolute Gasteiger partial charge is 0.475 e. The minimum atomic E-state index is -0.879. The highest BCUT2D eigenvalue weighted by atomic mass is 16.5. The Morgan fingerprint density at radius 3 is 2.76 bits per heavy atom. The third kappa shape index (κ3) is 5.85. The third-order valence-corrected chi connectivity index (χ3v) is 6.63. The van der Waals surface area contributed by atoms with E-state index in [0.29, 0.717) is 49.9 Å². The number of ether oxygens (including phenoxy) is 2. The van der Waals surface area contributed by atoms with Crippen LogP contribution < -0.4 is 10.1 Å². The maximum Gasteiger partial charge on any atom is 0.253 e. The van der Waals surface area contributed by atoms with Crippen LogP contribution in [0.1, 0.15) is 48.8 Å². The molecule has 0 spiro atoms. The van der Waals surface area contributed by atoms with Gasteiger partial charge in [0.25, 0.3) is 5.91 Å². The zero-order chi connectivity index (χ0) is 26.5. The molecule has 2 N–H and O–H groups in total. The van der Waals surface area contributed by atoms with Crippen LogP contribution in [0.25, 0.3) is 5.57 Å². The number of aliphatic hydroxyl groups is 1. The van der Waals surface area contributed by atoms with Gasteiger partial charge in [0, 0.05) is 55.4 Å². The maximum atomic E-state index is 13.6. The zero-order valence-electron chi connectivity index (χ0n) is 21.4. The first-order valence-electron chi connectivity index (χ1n) is 12.3. The minimum Gasteiger partial charge on any atom is -0.475 e. The number of nitrogens with zero attached hydrogens (tertiary/aromatic N) is 5. The summed E-state index contributed by atoms with van der Waals surface area (Å²) in [7, 11) is 0. The second kappa shape index (κ2) is 11.2. The smallest absolute Gasteiger partial charge is 0.253 e. The summed E-state index contributed by atoms with van der Waals surface area (Å²) in [5.41, 5.74) is 1.93. The molecule has 4 heterocycles. The zero-order valence-corrected chi connectivity index (χ0v) is 21.4. The number of carbonyl (C=O) groups is 1. The van der Waals surface area contributed by atoms with Crippen molar-refractivity contribution in [1.82, 2.24) is 20.2 Å². The molecule has 1 atom stereocenters. The maximum absolute atomic E-state index is 13.6. The van der Waals surface area contributed by atoms with Gasteiger partial charge in [-0.05, 0) is 50.1 Å². The van der Waals surface area contributed by atoms with Crippen LogP contribution in [0.3, 0.4) is 0 Å². The SMILES string of the molecule is CC1=C(c2ccc(OCCO)nc2)CC(NC(=O)c2ccnc(C(C)(C)C#N)c2)(N2CCOCC2)C=N1. The molecule has 194 valence electrons. The molecule has 2 aromatic heterocycles. The lowest BCUT2D eigenvalue weighted by molar-refractivity contribution is -0.00621. The summed E-state index contributed by atoms with van der Waals surface area (Å²) in [5.74, 6) is 0.150. The Morgan fingerprint density at radius 2 is 2.08 bits per heavy atom. The highest BCUT2D eigenvalue weighted by Gasteiger charge is 2.41. The van der Waals surface area contributed by atoms with E-state index < -0.39 is 11.1 Å². The number of aliphatic hydroxyl groups excluding tert-OH is 1. The number of nitrogens with one attached hydrogen (secondary N) is 1. The monoisotopic (exact) mass is 504 g/mol. The molecule has 1 fully saturated rings. The van der Waals surface area contributed by atoms with Crippen molar-refractivity contribution in [2.24, 2.45) is 4.99 Å². The average molecular weight is 505 g/mol. The van der Waals surface area contributed by atoms with Crippen LogP contribution in [0.2, 0.25) is 0 Å². The lowest BCUT2D eigenvalue weighted by atomic mass is 9.89. The minimum absolute atomic E-state index is 0.0862. The van der Waals surface area contributed by atoms with Gasteiger partial charge in [0.05, 0.1) is 37.0 Å². The van der Waals surface area contributed by atoms with Crippen molar-refractivity contribution in [3.63, 3.8) is 0 Å². The van der Waals surface area contributed by atoms with E-state index in [-0.39, 0.29) is 19.1 Å². The van der Waals surface area contributed by atoms with Crippen molar-refractivity contribution in [2.75, 3.05) is 39.5 Å². The van der Waals surface area contributed by atoms with Gasteiger partial charge >= 0.3 is 0 Å². The van der Waals surface area contributed by atoms with E-state index in [2.05, 4.69) is 26.3 Å². The van der Waals surface area contributed by atoms with E-state index in [1.807, 2.05) is 19.2 Å². The molecule has 1 amide bonds. The molecule has 0 bridgehead atoms. The fourth-order valence-corrected chi connectivity index (χ4v) is 4.38. The van der Waals surface area contributed by atoms with Gasteiger partial charge in [-0.1, -0.05) is 0 Å². The summed E-state index contributed by atoms with van der Waals surface area (Å²) in [5, 5.41) is 21.7. The van der Waals surface area contributed by atoms with Crippen molar-refractivity contribution in [2.45, 2.75) is 38.3 Å². The van der Waals surface area contributed by atoms with Crippen molar-refractivity contribution in [1.29, 1.82) is 5.26 Å². The molecule has 2 aromatic rings. The van der Waals surface area contributed by atoms with Crippen LogP contribution >= 0.6 is 0 Å². The number of hydrogen-bond acceptors (Lipinski definition) is 9. The first kappa shape index (κ1) is 26.4. The van der Waals surface area contributed by atoms with Gasteiger partial charge in [-0.15, -0.1) is 0 Å². The molecular formula is C27H32N6O4. The standard InChI is InChI=1S/C27H32N6O4/c1-19-22(21-4-5-24(30-16-21)37-13-10-34)15-27(18-31-19,33-8-11-36-12-9-33)32-25(35)20-6-7-29-23(14-20)26(2,3)17-28/h4-7,14,16,18,34H,8-13,15H2,1-3H3,(H,32,35). The van der Waals surface area contributed by atoms with E-state index >= 15 is 0 Å². The van der Waals surface area contributed by atoms with Gasteiger partial charge in [-0.25, -0.2) is 4.98 Å². The number of aromatic nitrogens is 2. The van der Waals surface area contributed by atoms with Crippen LogP contribution in [0, 0.1) is 11.3 Å². The number of rotatable bonds is 8. The summed E-state index contributed by atoms with van der Waals surface area (Å²) >= 11 is 0. The number of amides is 1. The molecule has 1 unspecified atom stereocenters. The first-order chi connectivity index (χ1) is 17.8. The lowest BCUT2D eigenvalue weighted by Crippen LogP contribution is -2.65. The molecular weight excluding hydrogens is 472 g/mol. The second-order valence-corrected chi connectivity index (χ2v) is 9.60. The Bertz CT molecular complexity index is 1230. The van der Waals surface area contributed by atoms with E-state index in [4.69, 9.17) is 19.6 Å². The Balaban J connectivity index is 1.64. The lowest BCUT2D eigenvalue weighted by Gasteiger charge is -2.45. The molecule has 0 aliphatic carbocycles. The van der Waals surface area contributed by atoms with Gasteiger partial charge in [-0.2, -0.15) is 5.26 Å². The number of aliphatic imine (C=N–C) groups is 1. The molecule has 37 heavy (non-hydrogen) atoms. The normalized spacial score (nSPS) is 20.4. The fraction of sp³-hybridized carbons (Fsp3) is 0.444. The molecule has 10 heteroatoms. The fourth-order valence-electron chi connectivity index (χ4n) is 4.38. The number of nitriles is 1. The molecule has 4 rings (SSSR count). The predicted molar refractivity (Wildman–Crippen MR) is 138 cm³/mol. The van der Waals surface area contributed by atoms with Gasteiger partial charge in [0.2, 0.25) is 5.88 Å². The molecule has 2 aliphatic rings. The van der Waals surface area contributed by atoms with E-state index in [1.54, 1.807) is 44.4 Å². The Morgan fingerprint density at radius 1 is 1.30 bits per heavy atom. The molecule has 10 nitrogen and oxygen atoms in total. The van der Waals surface area contributed by atoms with Crippen LogP contribution in [0.15, 0.2) is 47.3 Å². The molecule has 1 saturated heterocycles. The van der Waals surface area contributed by atoms with Crippen LogP contribution in [0.5, 0.6) is 5.88 Å². The van der Waals surface area contributed by atoms with Crippen LogP contribution in [-0.2, 0) is 10.2 Å². The summed E-state index contributed by atoms with van der Waals surface area (Å²) in [6.07, 6.45) is 5.56. The van der Waals surface area contributed by atoms with Gasteiger partial charge in [-0.3, -0.25) is 19.7 Å². The first-order valence-corrected chi connectivity index (χ1v) is 12.3. The number of carbonyl (C=O) groups excluding carboxylic acids is 1. The topological polar surface area (TPSA) is 133 Å². The second-order valence-electron chi connectivity index (χ2n) is 9.60. The Hall–Kier alpha value is -3.65. The Kier molecular flexibility index (Phi) is 7.97. The summed E-state index contributed by atoms with van der Waals surface area (Å²) < 4.78 is 11.0. The Labute approximate surface area is 216 Å². The summed E-state index contributed by atoms with van der Waals surface area (Å²) in [4.78, 5) is 29.2. The van der Waals surface area contributed by atoms with Crippen LogP contribution in [0.4, 0.5) is 0 Å². The van der Waals surface area contributed by atoms with Gasteiger partial charge in [0.1, 0.15) is 12.3 Å².